The zero-order valence-corrected chi connectivity index (χ0v) is 15.7. The van der Waals surface area contributed by atoms with Gasteiger partial charge in [-0.3, -0.25) is 4.79 Å². The van der Waals surface area contributed by atoms with Crippen LogP contribution in [-0.2, 0) is 14.6 Å². The lowest BCUT2D eigenvalue weighted by atomic mass is 10.0. The first kappa shape index (κ1) is 19.7. The topological polar surface area (TPSA) is 123 Å². The van der Waals surface area contributed by atoms with E-state index in [4.69, 9.17) is 11.5 Å². The quantitative estimate of drug-likeness (QED) is 0.547. The summed E-state index contributed by atoms with van der Waals surface area (Å²) >= 11 is 0. The smallest absolute Gasteiger partial charge is 0.242 e. The number of amides is 1. The molecule has 0 bridgehead atoms. The van der Waals surface area contributed by atoms with Crippen LogP contribution in [0, 0.1) is 13.8 Å². The average molecular weight is 374 g/mol. The summed E-state index contributed by atoms with van der Waals surface area (Å²) in [7, 11) is -4.06. The predicted octanol–water partition coefficient (Wildman–Crippen LogP) is 2.24. The Labute approximate surface area is 153 Å². The van der Waals surface area contributed by atoms with E-state index in [0.29, 0.717) is 5.56 Å². The van der Waals surface area contributed by atoms with Gasteiger partial charge < -0.3 is 16.6 Å². The molecule has 0 aliphatic carbocycles. The van der Waals surface area contributed by atoms with E-state index in [0.717, 1.165) is 17.2 Å². The molecule has 0 aromatic heterocycles. The molecule has 0 radical (unpaired) electrons. The Morgan fingerprint density at radius 1 is 1.12 bits per heavy atom. The summed E-state index contributed by atoms with van der Waals surface area (Å²) in [5.74, 6) is -0.908. The van der Waals surface area contributed by atoms with Gasteiger partial charge in [-0.15, -0.1) is 0 Å². The second-order valence-electron chi connectivity index (χ2n) is 6.26. The lowest BCUT2D eigenvalue weighted by Gasteiger charge is -2.15. The molecule has 0 fully saturated rings. The Hall–Kier alpha value is -2.64. The molecule has 7 heteroatoms. The Morgan fingerprint density at radius 2 is 1.69 bits per heavy atom. The average Bonchev–Trinajstić information content (AvgIpc) is 2.52. The normalized spacial score (nSPS) is 13.5. The minimum Gasteiger partial charge on any atom is -0.398 e. The van der Waals surface area contributed by atoms with E-state index < -0.39 is 21.8 Å². The molecular formula is C19H22N2O4S. The number of aliphatic hydroxyl groups excluding tert-OH is 1. The number of carbonyl (C=O) groups is 1. The van der Waals surface area contributed by atoms with Crippen molar-refractivity contribution < 1.29 is 18.3 Å². The number of benzene rings is 2. The van der Waals surface area contributed by atoms with E-state index in [9.17, 15) is 18.3 Å². The highest BCUT2D eigenvalue weighted by molar-refractivity contribution is 8.00. The molecule has 1 unspecified atom stereocenters. The van der Waals surface area contributed by atoms with Gasteiger partial charge in [0.25, 0.3) is 0 Å². The highest BCUT2D eigenvalue weighted by Gasteiger charge is 2.26. The summed E-state index contributed by atoms with van der Waals surface area (Å²) < 4.78 is 26.4. The van der Waals surface area contributed by atoms with Crippen LogP contribution in [0.15, 0.2) is 47.4 Å². The third-order valence-corrected chi connectivity index (χ3v) is 5.67. The van der Waals surface area contributed by atoms with Crippen LogP contribution in [0.25, 0.3) is 4.91 Å². The molecule has 2 aromatic rings. The predicted molar refractivity (Wildman–Crippen MR) is 102 cm³/mol. The van der Waals surface area contributed by atoms with Gasteiger partial charge in [0.2, 0.25) is 15.7 Å². The van der Waals surface area contributed by atoms with Gasteiger partial charge in [0, 0.05) is 17.3 Å². The van der Waals surface area contributed by atoms with E-state index in [2.05, 4.69) is 0 Å². The fraction of sp³-hybridized carbons (Fsp3) is 0.211. The number of carbonyl (C=O) groups excluding carboxylic acids is 1. The Bertz CT molecular complexity index is 972. The fourth-order valence-electron chi connectivity index (χ4n) is 2.69. The van der Waals surface area contributed by atoms with Gasteiger partial charge >= 0.3 is 0 Å². The van der Waals surface area contributed by atoms with Crippen molar-refractivity contribution >= 4 is 26.3 Å². The van der Waals surface area contributed by atoms with Crippen LogP contribution in [0.4, 0.5) is 5.69 Å². The van der Waals surface area contributed by atoms with Crippen LogP contribution in [0.5, 0.6) is 0 Å². The highest BCUT2D eigenvalue weighted by atomic mass is 32.2. The maximum Gasteiger partial charge on any atom is 0.242 e. The van der Waals surface area contributed by atoms with Crippen molar-refractivity contribution in [3.63, 3.8) is 0 Å². The number of aryl methyl sites for hydroxylation is 2. The lowest BCUT2D eigenvalue weighted by Crippen LogP contribution is -2.13. The van der Waals surface area contributed by atoms with E-state index in [1.165, 1.54) is 24.3 Å². The highest BCUT2D eigenvalue weighted by Crippen LogP contribution is 2.33. The molecule has 138 valence electrons. The van der Waals surface area contributed by atoms with Gasteiger partial charge in [0.05, 0.1) is 15.9 Å². The Balaban J connectivity index is 2.77. The zero-order chi connectivity index (χ0) is 19.6. The molecule has 0 aliphatic heterocycles. The first-order valence-corrected chi connectivity index (χ1v) is 9.43. The number of sulfone groups is 1. The molecule has 1 amide bonds. The van der Waals surface area contributed by atoms with E-state index in [1.54, 1.807) is 26.8 Å². The Morgan fingerprint density at radius 3 is 2.19 bits per heavy atom. The van der Waals surface area contributed by atoms with Gasteiger partial charge in [0.1, 0.15) is 0 Å². The van der Waals surface area contributed by atoms with E-state index in [1.807, 2.05) is 6.07 Å². The summed E-state index contributed by atoms with van der Waals surface area (Å²) in [6.07, 6.45) is 0.0259. The minimum atomic E-state index is -4.06. The first-order valence-electron chi connectivity index (χ1n) is 7.94. The summed E-state index contributed by atoms with van der Waals surface area (Å²) in [4.78, 5) is 11.3. The number of primary amides is 1. The first-order chi connectivity index (χ1) is 12.0. The van der Waals surface area contributed by atoms with Crippen LogP contribution < -0.4 is 11.5 Å². The molecular weight excluding hydrogens is 352 g/mol. The number of aliphatic hydroxyl groups is 1. The second-order valence-corrected chi connectivity index (χ2v) is 8.18. The molecule has 0 saturated carbocycles. The molecule has 0 saturated heterocycles. The van der Waals surface area contributed by atoms with Gasteiger partial charge in [-0.2, -0.15) is 0 Å². The van der Waals surface area contributed by atoms with Gasteiger partial charge in [-0.25, -0.2) is 8.42 Å². The number of anilines is 1. The summed E-state index contributed by atoms with van der Waals surface area (Å²) in [6, 6.07) is 9.42. The van der Waals surface area contributed by atoms with Crippen molar-refractivity contribution in [3.8, 4) is 0 Å². The SMILES string of the molecule is Cc1cc(C)cc(S(=O)(=O)/C(=C\C(N)=O)c2cc(C(C)O)ccc2N)c1. The van der Waals surface area contributed by atoms with E-state index >= 15 is 0 Å². The molecule has 0 aliphatic rings. The van der Waals surface area contributed by atoms with Crippen LogP contribution in [0.2, 0.25) is 0 Å². The van der Waals surface area contributed by atoms with Crippen molar-refractivity contribution in [3.05, 3.63) is 64.7 Å². The van der Waals surface area contributed by atoms with Crippen LogP contribution in [-0.4, -0.2) is 19.4 Å². The van der Waals surface area contributed by atoms with Crippen molar-refractivity contribution in [2.75, 3.05) is 5.73 Å². The van der Waals surface area contributed by atoms with Crippen LogP contribution >= 0.6 is 0 Å². The molecule has 2 rings (SSSR count). The Kier molecular flexibility index (Phi) is 5.53. The third-order valence-electron chi connectivity index (χ3n) is 3.89. The molecule has 1 atom stereocenters. The lowest BCUT2D eigenvalue weighted by molar-refractivity contribution is -0.113. The molecule has 26 heavy (non-hydrogen) atoms. The van der Waals surface area contributed by atoms with Gasteiger partial charge in [-0.05, 0) is 61.7 Å². The standard InChI is InChI=1S/C19H22N2O4S/c1-11-6-12(2)8-15(7-11)26(24,25)18(10-19(21)23)16-9-14(13(3)22)4-5-17(16)20/h4-10,13,22H,20H2,1-3H3,(H2,21,23)/b18-10-. The summed E-state index contributed by atoms with van der Waals surface area (Å²) in [5.41, 5.74) is 13.5. The summed E-state index contributed by atoms with van der Waals surface area (Å²) in [6.45, 7) is 5.11. The molecule has 6 nitrogen and oxygen atoms in total. The van der Waals surface area contributed by atoms with Crippen LogP contribution in [0.1, 0.15) is 35.3 Å². The maximum atomic E-state index is 13.2. The number of hydrogen-bond acceptors (Lipinski definition) is 5. The second kappa shape index (κ2) is 7.31. The van der Waals surface area contributed by atoms with Crippen molar-refractivity contribution in [1.29, 1.82) is 0 Å². The van der Waals surface area contributed by atoms with Gasteiger partial charge in [-0.1, -0.05) is 12.1 Å². The third kappa shape index (κ3) is 4.12. The van der Waals surface area contributed by atoms with Crippen molar-refractivity contribution in [1.82, 2.24) is 0 Å². The molecule has 0 heterocycles. The maximum absolute atomic E-state index is 13.2. The molecule has 5 N–H and O–H groups in total. The number of rotatable bonds is 5. The minimum absolute atomic E-state index is 0.0457. The van der Waals surface area contributed by atoms with Crippen molar-refractivity contribution in [2.45, 2.75) is 31.8 Å². The largest absolute Gasteiger partial charge is 0.398 e. The summed E-state index contributed by atoms with van der Waals surface area (Å²) in [5, 5.41) is 9.79. The zero-order valence-electron chi connectivity index (χ0n) is 14.9. The number of hydrogen-bond donors (Lipinski definition) is 3. The van der Waals surface area contributed by atoms with Gasteiger partial charge in [0.15, 0.2) is 0 Å². The number of nitrogens with two attached hydrogens (primary N) is 2. The van der Waals surface area contributed by atoms with Crippen LogP contribution in [0.3, 0.4) is 0 Å². The molecule has 0 spiro atoms. The monoisotopic (exact) mass is 374 g/mol. The number of nitrogen functional groups attached to an aromatic ring is 1. The molecule has 2 aromatic carbocycles. The fourth-order valence-corrected chi connectivity index (χ4v) is 4.37. The van der Waals surface area contributed by atoms with Crippen molar-refractivity contribution in [2.24, 2.45) is 5.73 Å². The van der Waals surface area contributed by atoms with E-state index in [-0.39, 0.29) is 21.1 Å².